The standard InChI is InChI=1S/C16H10F2IN5O2/c17-9-1-6-12(18)13(7-9)23-16-14(24(25)26)15(20-8-21-16)22-11-4-2-10(19)3-5-11/h1-8H,(H2,20,21,22,23). The number of rotatable bonds is 5. The molecule has 7 nitrogen and oxygen atoms in total. The highest BCUT2D eigenvalue weighted by molar-refractivity contribution is 14.1. The molecule has 3 aromatic rings. The molecule has 26 heavy (non-hydrogen) atoms. The monoisotopic (exact) mass is 469 g/mol. The Labute approximate surface area is 159 Å². The van der Waals surface area contributed by atoms with Crippen molar-refractivity contribution in [2.24, 2.45) is 0 Å². The van der Waals surface area contributed by atoms with E-state index in [9.17, 15) is 18.9 Å². The number of nitrogens with one attached hydrogen (secondary N) is 2. The third-order valence-electron chi connectivity index (χ3n) is 3.29. The van der Waals surface area contributed by atoms with Crippen LogP contribution in [-0.4, -0.2) is 14.9 Å². The van der Waals surface area contributed by atoms with E-state index in [1.54, 1.807) is 12.1 Å². The second-order valence-corrected chi connectivity index (χ2v) is 6.30. The van der Waals surface area contributed by atoms with Gasteiger partial charge in [0.15, 0.2) is 0 Å². The van der Waals surface area contributed by atoms with Crippen LogP contribution in [0.15, 0.2) is 48.8 Å². The number of hydrogen-bond acceptors (Lipinski definition) is 6. The first-order chi connectivity index (χ1) is 12.4. The second kappa shape index (κ2) is 7.56. The normalized spacial score (nSPS) is 10.4. The molecule has 2 aromatic carbocycles. The topological polar surface area (TPSA) is 93.0 Å². The predicted molar refractivity (Wildman–Crippen MR) is 101 cm³/mol. The fourth-order valence-corrected chi connectivity index (χ4v) is 2.49. The zero-order valence-electron chi connectivity index (χ0n) is 12.9. The third kappa shape index (κ3) is 4.02. The van der Waals surface area contributed by atoms with E-state index >= 15 is 0 Å². The van der Waals surface area contributed by atoms with Crippen molar-refractivity contribution in [1.82, 2.24) is 9.97 Å². The lowest BCUT2D eigenvalue weighted by Crippen LogP contribution is -2.06. The van der Waals surface area contributed by atoms with Gasteiger partial charge in [-0.15, -0.1) is 0 Å². The lowest BCUT2D eigenvalue weighted by atomic mass is 10.3. The number of aromatic nitrogens is 2. The lowest BCUT2D eigenvalue weighted by Gasteiger charge is -2.10. The van der Waals surface area contributed by atoms with Crippen molar-refractivity contribution >= 4 is 51.3 Å². The Morgan fingerprint density at radius 1 is 1.00 bits per heavy atom. The smallest absolute Gasteiger partial charge is 0.334 e. The quantitative estimate of drug-likeness (QED) is 0.318. The van der Waals surface area contributed by atoms with Crippen LogP contribution >= 0.6 is 22.6 Å². The molecule has 10 heteroatoms. The Hall–Kier alpha value is -2.89. The molecule has 3 rings (SSSR count). The zero-order chi connectivity index (χ0) is 18.7. The van der Waals surface area contributed by atoms with E-state index in [1.165, 1.54) is 0 Å². The van der Waals surface area contributed by atoms with Gasteiger partial charge in [-0.1, -0.05) is 0 Å². The third-order valence-corrected chi connectivity index (χ3v) is 4.01. The van der Waals surface area contributed by atoms with Gasteiger partial charge in [0, 0.05) is 15.3 Å². The first kappa shape index (κ1) is 17.9. The van der Waals surface area contributed by atoms with Gasteiger partial charge in [0.25, 0.3) is 0 Å². The predicted octanol–water partition coefficient (Wildman–Crippen LogP) is 4.75. The van der Waals surface area contributed by atoms with E-state index in [0.29, 0.717) is 5.69 Å². The van der Waals surface area contributed by atoms with Crippen LogP contribution in [-0.2, 0) is 0 Å². The first-order valence-corrected chi connectivity index (χ1v) is 8.26. The van der Waals surface area contributed by atoms with Crippen molar-refractivity contribution in [3.63, 3.8) is 0 Å². The summed E-state index contributed by atoms with van der Waals surface area (Å²) in [6.45, 7) is 0. The summed E-state index contributed by atoms with van der Waals surface area (Å²) in [7, 11) is 0. The molecule has 0 saturated heterocycles. The summed E-state index contributed by atoms with van der Waals surface area (Å²) in [6, 6.07) is 9.83. The van der Waals surface area contributed by atoms with E-state index < -0.39 is 22.2 Å². The minimum absolute atomic E-state index is 0.0782. The van der Waals surface area contributed by atoms with Crippen molar-refractivity contribution in [1.29, 1.82) is 0 Å². The number of anilines is 4. The molecule has 0 bridgehead atoms. The van der Waals surface area contributed by atoms with Gasteiger partial charge in [0.2, 0.25) is 11.6 Å². The van der Waals surface area contributed by atoms with E-state index in [4.69, 9.17) is 0 Å². The lowest BCUT2D eigenvalue weighted by molar-refractivity contribution is -0.383. The maximum absolute atomic E-state index is 13.8. The molecule has 0 saturated carbocycles. The van der Waals surface area contributed by atoms with E-state index in [1.807, 2.05) is 12.1 Å². The molecule has 0 aliphatic carbocycles. The maximum atomic E-state index is 13.8. The van der Waals surface area contributed by atoms with Crippen molar-refractivity contribution < 1.29 is 13.7 Å². The first-order valence-electron chi connectivity index (χ1n) is 7.18. The van der Waals surface area contributed by atoms with Crippen molar-refractivity contribution in [3.8, 4) is 0 Å². The average Bonchev–Trinajstić information content (AvgIpc) is 2.60. The molecular weight excluding hydrogens is 459 g/mol. The van der Waals surface area contributed by atoms with E-state index in [-0.39, 0.29) is 17.3 Å². The van der Waals surface area contributed by atoms with E-state index in [2.05, 4.69) is 43.2 Å². The highest BCUT2D eigenvalue weighted by Gasteiger charge is 2.24. The molecule has 0 aliphatic heterocycles. The summed E-state index contributed by atoms with van der Waals surface area (Å²) >= 11 is 2.13. The van der Waals surface area contributed by atoms with Gasteiger partial charge >= 0.3 is 5.69 Å². The second-order valence-electron chi connectivity index (χ2n) is 5.06. The fourth-order valence-electron chi connectivity index (χ4n) is 2.13. The minimum Gasteiger partial charge on any atom is -0.334 e. The molecule has 0 radical (unpaired) electrons. The fraction of sp³-hybridized carbons (Fsp3) is 0. The molecular formula is C16H10F2IN5O2. The van der Waals surface area contributed by atoms with Crippen LogP contribution in [0.5, 0.6) is 0 Å². The van der Waals surface area contributed by atoms with Gasteiger partial charge in [0.05, 0.1) is 10.6 Å². The molecule has 0 spiro atoms. The zero-order valence-corrected chi connectivity index (χ0v) is 15.1. The molecule has 2 N–H and O–H groups in total. The average molecular weight is 469 g/mol. The Bertz CT molecular complexity index is 969. The highest BCUT2D eigenvalue weighted by Crippen LogP contribution is 2.33. The summed E-state index contributed by atoms with van der Waals surface area (Å²) in [5.41, 5.74) is -0.183. The number of nitrogens with zero attached hydrogens (tertiary/aromatic N) is 3. The van der Waals surface area contributed by atoms with Crippen LogP contribution in [0.1, 0.15) is 0 Å². The van der Waals surface area contributed by atoms with Crippen LogP contribution in [0.3, 0.4) is 0 Å². The highest BCUT2D eigenvalue weighted by atomic mass is 127. The van der Waals surface area contributed by atoms with Crippen LogP contribution in [0.25, 0.3) is 0 Å². The van der Waals surface area contributed by atoms with Crippen LogP contribution in [0.2, 0.25) is 0 Å². The van der Waals surface area contributed by atoms with Gasteiger partial charge in [-0.2, -0.15) is 0 Å². The summed E-state index contributed by atoms with van der Waals surface area (Å²) in [5.74, 6) is -1.80. The van der Waals surface area contributed by atoms with Crippen molar-refractivity contribution in [2.75, 3.05) is 10.6 Å². The van der Waals surface area contributed by atoms with Crippen LogP contribution in [0, 0.1) is 25.3 Å². The largest absolute Gasteiger partial charge is 0.353 e. The van der Waals surface area contributed by atoms with E-state index in [0.717, 1.165) is 28.1 Å². The molecule has 1 aromatic heterocycles. The summed E-state index contributed by atoms with van der Waals surface area (Å²) in [6.07, 6.45) is 1.08. The number of hydrogen-bond donors (Lipinski definition) is 2. The Morgan fingerprint density at radius 3 is 2.31 bits per heavy atom. The Kier molecular flexibility index (Phi) is 5.21. The van der Waals surface area contributed by atoms with Crippen molar-refractivity contribution in [2.45, 2.75) is 0 Å². The number of nitro groups is 1. The summed E-state index contributed by atoms with van der Waals surface area (Å²) < 4.78 is 28.1. The SMILES string of the molecule is O=[N+]([O-])c1c(Nc2ccc(I)cc2)ncnc1Nc1cc(F)ccc1F. The Balaban J connectivity index is 1.99. The molecule has 0 unspecified atom stereocenters. The van der Waals surface area contributed by atoms with Crippen LogP contribution in [0.4, 0.5) is 37.5 Å². The summed E-state index contributed by atoms with van der Waals surface area (Å²) in [4.78, 5) is 18.5. The minimum atomic E-state index is -0.772. The summed E-state index contributed by atoms with van der Waals surface area (Å²) in [5, 5.41) is 16.8. The van der Waals surface area contributed by atoms with Gasteiger partial charge in [0.1, 0.15) is 18.0 Å². The molecule has 0 atom stereocenters. The van der Waals surface area contributed by atoms with Gasteiger partial charge in [-0.3, -0.25) is 10.1 Å². The van der Waals surface area contributed by atoms with Gasteiger partial charge in [-0.05, 0) is 59.0 Å². The molecule has 0 fully saturated rings. The van der Waals surface area contributed by atoms with Crippen molar-refractivity contribution in [3.05, 3.63) is 74.1 Å². The maximum Gasteiger partial charge on any atom is 0.353 e. The van der Waals surface area contributed by atoms with Gasteiger partial charge in [-0.25, -0.2) is 18.7 Å². The number of halogens is 3. The van der Waals surface area contributed by atoms with Crippen LogP contribution < -0.4 is 10.6 Å². The molecule has 1 heterocycles. The van der Waals surface area contributed by atoms with Gasteiger partial charge < -0.3 is 10.6 Å². The molecule has 0 amide bonds. The molecule has 0 aliphatic rings. The molecule has 132 valence electrons. The number of benzene rings is 2. The Morgan fingerprint density at radius 2 is 1.65 bits per heavy atom.